The zero-order valence-corrected chi connectivity index (χ0v) is 12.7. The van der Waals surface area contributed by atoms with Gasteiger partial charge in [-0.3, -0.25) is 9.59 Å². The van der Waals surface area contributed by atoms with E-state index in [1.54, 1.807) is 11.2 Å². The summed E-state index contributed by atoms with van der Waals surface area (Å²) in [5.74, 6) is -0.177. The number of rotatable bonds is 4. The molecule has 1 atom stereocenters. The van der Waals surface area contributed by atoms with E-state index in [9.17, 15) is 9.59 Å². The van der Waals surface area contributed by atoms with Gasteiger partial charge < -0.3 is 14.8 Å². The van der Waals surface area contributed by atoms with Gasteiger partial charge in [-0.25, -0.2) is 4.98 Å². The molecule has 1 saturated heterocycles. The summed E-state index contributed by atoms with van der Waals surface area (Å²) in [5, 5.41) is 2.73. The van der Waals surface area contributed by atoms with Gasteiger partial charge >= 0.3 is 0 Å². The molecule has 0 aliphatic carbocycles. The van der Waals surface area contributed by atoms with E-state index in [0.717, 1.165) is 37.0 Å². The monoisotopic (exact) mass is 300 g/mol. The van der Waals surface area contributed by atoms with Crippen LogP contribution >= 0.6 is 0 Å². The molecule has 0 bridgehead atoms. The van der Waals surface area contributed by atoms with Crippen LogP contribution in [0.25, 0.3) is 11.0 Å². The van der Waals surface area contributed by atoms with Gasteiger partial charge in [-0.1, -0.05) is 12.1 Å². The smallest absolute Gasteiger partial charge is 0.243 e. The fourth-order valence-corrected chi connectivity index (χ4v) is 2.80. The summed E-state index contributed by atoms with van der Waals surface area (Å²) >= 11 is 0. The molecule has 0 spiro atoms. The fraction of sp³-hybridized carbons (Fsp3) is 0.438. The van der Waals surface area contributed by atoms with Crippen LogP contribution < -0.4 is 5.32 Å². The Morgan fingerprint density at radius 1 is 1.27 bits per heavy atom. The fourth-order valence-electron chi connectivity index (χ4n) is 2.80. The number of nitrogens with zero attached hydrogens (tertiary/aromatic N) is 3. The maximum Gasteiger partial charge on any atom is 0.243 e. The van der Waals surface area contributed by atoms with E-state index in [4.69, 9.17) is 0 Å². The lowest BCUT2D eigenvalue weighted by Crippen LogP contribution is -2.40. The van der Waals surface area contributed by atoms with Gasteiger partial charge in [0.05, 0.1) is 23.9 Å². The SMILES string of the molecule is CC(C(=O)NCC(=O)N1CCCC1)n1cnc2ccccc21. The summed E-state index contributed by atoms with van der Waals surface area (Å²) in [6, 6.07) is 7.27. The summed E-state index contributed by atoms with van der Waals surface area (Å²) in [7, 11) is 0. The third-order valence-corrected chi connectivity index (χ3v) is 4.15. The minimum Gasteiger partial charge on any atom is -0.345 e. The van der Waals surface area contributed by atoms with E-state index in [-0.39, 0.29) is 18.4 Å². The zero-order valence-electron chi connectivity index (χ0n) is 12.7. The van der Waals surface area contributed by atoms with Crippen molar-refractivity contribution in [2.24, 2.45) is 0 Å². The Labute approximate surface area is 129 Å². The summed E-state index contributed by atoms with van der Waals surface area (Å²) in [6.45, 7) is 3.48. The molecule has 2 amide bonds. The predicted molar refractivity (Wildman–Crippen MR) is 83.3 cm³/mol. The summed E-state index contributed by atoms with van der Waals surface area (Å²) in [6.07, 6.45) is 3.77. The quantitative estimate of drug-likeness (QED) is 0.926. The van der Waals surface area contributed by atoms with Gasteiger partial charge in [-0.2, -0.15) is 0 Å². The van der Waals surface area contributed by atoms with E-state index in [0.29, 0.717) is 0 Å². The van der Waals surface area contributed by atoms with Crippen molar-refractivity contribution in [3.05, 3.63) is 30.6 Å². The number of likely N-dealkylation sites (tertiary alicyclic amines) is 1. The van der Waals surface area contributed by atoms with Gasteiger partial charge in [0.15, 0.2) is 0 Å². The first-order valence-electron chi connectivity index (χ1n) is 7.64. The van der Waals surface area contributed by atoms with Crippen LogP contribution in [0.5, 0.6) is 0 Å². The normalized spacial score (nSPS) is 16.0. The molecule has 1 unspecified atom stereocenters. The molecule has 0 radical (unpaired) electrons. The Morgan fingerprint density at radius 3 is 2.77 bits per heavy atom. The first-order chi connectivity index (χ1) is 10.7. The number of hydrogen-bond acceptors (Lipinski definition) is 3. The van der Waals surface area contributed by atoms with E-state index < -0.39 is 6.04 Å². The number of carbonyl (C=O) groups excluding carboxylic acids is 2. The molecule has 2 heterocycles. The Balaban J connectivity index is 1.63. The largest absolute Gasteiger partial charge is 0.345 e. The van der Waals surface area contributed by atoms with Crippen molar-refractivity contribution in [3.8, 4) is 0 Å². The molecule has 1 aliphatic heterocycles. The number of amides is 2. The predicted octanol–water partition coefficient (Wildman–Crippen LogP) is 1.34. The molecule has 2 aromatic rings. The maximum atomic E-state index is 12.3. The second-order valence-electron chi connectivity index (χ2n) is 5.62. The molecule has 1 fully saturated rings. The molecular formula is C16H20N4O2. The van der Waals surface area contributed by atoms with E-state index in [2.05, 4.69) is 10.3 Å². The maximum absolute atomic E-state index is 12.3. The first kappa shape index (κ1) is 14.6. The van der Waals surface area contributed by atoms with Gasteiger partial charge in [-0.05, 0) is 31.9 Å². The summed E-state index contributed by atoms with van der Waals surface area (Å²) < 4.78 is 1.82. The lowest BCUT2D eigenvalue weighted by atomic mass is 10.2. The number of aromatic nitrogens is 2. The van der Waals surface area contributed by atoms with Crippen molar-refractivity contribution in [1.82, 2.24) is 19.8 Å². The van der Waals surface area contributed by atoms with Crippen LogP contribution in [0.2, 0.25) is 0 Å². The molecule has 3 rings (SSSR count). The van der Waals surface area contributed by atoms with Crippen molar-refractivity contribution in [3.63, 3.8) is 0 Å². The lowest BCUT2D eigenvalue weighted by molar-refractivity contribution is -0.132. The average Bonchev–Trinajstić information content (AvgIpc) is 3.20. The molecule has 1 aromatic carbocycles. The van der Waals surface area contributed by atoms with Gasteiger partial charge in [0, 0.05) is 13.1 Å². The minimum absolute atomic E-state index is 0.00598. The molecule has 0 saturated carbocycles. The van der Waals surface area contributed by atoms with E-state index >= 15 is 0 Å². The number of carbonyl (C=O) groups is 2. The molecule has 1 aromatic heterocycles. The van der Waals surface area contributed by atoms with Crippen LogP contribution in [0.15, 0.2) is 30.6 Å². The number of benzene rings is 1. The second kappa shape index (κ2) is 6.17. The second-order valence-corrected chi connectivity index (χ2v) is 5.62. The van der Waals surface area contributed by atoms with E-state index in [1.165, 1.54) is 0 Å². The number of imidazole rings is 1. The summed E-state index contributed by atoms with van der Waals surface area (Å²) in [5.41, 5.74) is 1.77. The Bertz CT molecular complexity index is 688. The van der Waals surface area contributed by atoms with Crippen LogP contribution in [0.4, 0.5) is 0 Å². The van der Waals surface area contributed by atoms with Crippen molar-refractivity contribution in [2.45, 2.75) is 25.8 Å². The average molecular weight is 300 g/mol. The van der Waals surface area contributed by atoms with Gasteiger partial charge in [0.1, 0.15) is 6.04 Å². The van der Waals surface area contributed by atoms with Crippen LogP contribution in [-0.2, 0) is 9.59 Å². The number of nitrogens with one attached hydrogen (secondary N) is 1. The van der Waals surface area contributed by atoms with Gasteiger partial charge in [0.2, 0.25) is 11.8 Å². The lowest BCUT2D eigenvalue weighted by Gasteiger charge is -2.18. The van der Waals surface area contributed by atoms with Crippen LogP contribution in [0.3, 0.4) is 0 Å². The van der Waals surface area contributed by atoms with Crippen molar-refractivity contribution in [1.29, 1.82) is 0 Å². The first-order valence-corrected chi connectivity index (χ1v) is 7.64. The Hall–Kier alpha value is -2.37. The number of para-hydroxylation sites is 2. The number of hydrogen-bond donors (Lipinski definition) is 1. The molecule has 6 heteroatoms. The highest BCUT2D eigenvalue weighted by atomic mass is 16.2. The minimum atomic E-state index is -0.404. The van der Waals surface area contributed by atoms with Crippen LogP contribution in [-0.4, -0.2) is 45.9 Å². The highest BCUT2D eigenvalue weighted by molar-refractivity contribution is 5.88. The highest BCUT2D eigenvalue weighted by Crippen LogP contribution is 2.17. The highest BCUT2D eigenvalue weighted by Gasteiger charge is 2.21. The van der Waals surface area contributed by atoms with Gasteiger partial charge in [-0.15, -0.1) is 0 Å². The number of fused-ring (bicyclic) bond motifs is 1. The zero-order chi connectivity index (χ0) is 15.5. The molecule has 6 nitrogen and oxygen atoms in total. The van der Waals surface area contributed by atoms with Crippen LogP contribution in [0.1, 0.15) is 25.8 Å². The third kappa shape index (κ3) is 2.81. The van der Waals surface area contributed by atoms with Crippen LogP contribution in [0, 0.1) is 0 Å². The Morgan fingerprint density at radius 2 is 2.00 bits per heavy atom. The Kier molecular flexibility index (Phi) is 4.09. The van der Waals surface area contributed by atoms with Gasteiger partial charge in [0.25, 0.3) is 0 Å². The topological polar surface area (TPSA) is 67.2 Å². The molecule has 116 valence electrons. The molecule has 1 aliphatic rings. The molecule has 1 N–H and O–H groups in total. The third-order valence-electron chi connectivity index (χ3n) is 4.15. The molecule has 22 heavy (non-hydrogen) atoms. The van der Waals surface area contributed by atoms with Crippen molar-refractivity contribution in [2.75, 3.05) is 19.6 Å². The standard InChI is InChI=1S/C16H20N4O2/c1-12(20-11-18-13-6-2-3-7-14(13)20)16(22)17-10-15(21)19-8-4-5-9-19/h2-3,6-7,11-12H,4-5,8-10H2,1H3,(H,17,22). The van der Waals surface area contributed by atoms with Crippen molar-refractivity contribution < 1.29 is 9.59 Å². The summed E-state index contributed by atoms with van der Waals surface area (Å²) in [4.78, 5) is 30.3. The van der Waals surface area contributed by atoms with E-state index in [1.807, 2.05) is 35.8 Å². The molecular weight excluding hydrogens is 280 g/mol. The van der Waals surface area contributed by atoms with Crippen molar-refractivity contribution >= 4 is 22.8 Å².